The van der Waals surface area contributed by atoms with Crippen molar-refractivity contribution in [3.05, 3.63) is 63.8 Å². The zero-order valence-corrected chi connectivity index (χ0v) is 13.4. The third kappa shape index (κ3) is 3.27. The van der Waals surface area contributed by atoms with E-state index >= 15 is 0 Å². The van der Waals surface area contributed by atoms with Gasteiger partial charge in [0.1, 0.15) is 10.2 Å². The van der Waals surface area contributed by atoms with Gasteiger partial charge in [0.15, 0.2) is 0 Å². The largest absolute Gasteiger partial charge is 0.322 e. The third-order valence-electron chi connectivity index (χ3n) is 2.88. The van der Waals surface area contributed by atoms with Crippen LogP contribution >= 0.6 is 34.5 Å². The van der Waals surface area contributed by atoms with Gasteiger partial charge in [-0.2, -0.15) is 0 Å². The highest BCUT2D eigenvalue weighted by molar-refractivity contribution is 7.13. The molecule has 0 saturated carbocycles. The Hall–Kier alpha value is -1.95. The Bertz CT molecular complexity index is 804. The van der Waals surface area contributed by atoms with Gasteiger partial charge >= 0.3 is 0 Å². The molecule has 0 aliphatic carbocycles. The smallest absolute Gasteiger partial charge is 0.257 e. The van der Waals surface area contributed by atoms with Crippen molar-refractivity contribution in [2.24, 2.45) is 0 Å². The van der Waals surface area contributed by atoms with E-state index in [9.17, 15) is 4.79 Å². The van der Waals surface area contributed by atoms with Crippen molar-refractivity contribution in [3.8, 4) is 10.6 Å². The number of hydrogen-bond donors (Lipinski definition) is 1. The van der Waals surface area contributed by atoms with Gasteiger partial charge in [-0.15, -0.1) is 11.3 Å². The second kappa shape index (κ2) is 6.44. The molecule has 0 fully saturated rings. The molecule has 0 atom stereocenters. The zero-order valence-electron chi connectivity index (χ0n) is 11.1. The first-order valence-electron chi connectivity index (χ1n) is 6.26. The van der Waals surface area contributed by atoms with Crippen molar-refractivity contribution in [1.29, 1.82) is 0 Å². The normalized spacial score (nSPS) is 10.5. The predicted octanol–water partition coefficient (Wildman–Crippen LogP) is 4.76. The van der Waals surface area contributed by atoms with E-state index in [0.29, 0.717) is 11.3 Å². The molecule has 0 spiro atoms. The molecule has 2 aromatic heterocycles. The molecule has 3 rings (SSSR count). The van der Waals surface area contributed by atoms with Crippen LogP contribution in [0.1, 0.15) is 10.4 Å². The lowest BCUT2D eigenvalue weighted by Crippen LogP contribution is -2.12. The number of carbonyl (C=O) groups is 1. The van der Waals surface area contributed by atoms with Gasteiger partial charge in [-0.25, -0.2) is 9.97 Å². The fourth-order valence-electron chi connectivity index (χ4n) is 1.81. The minimum Gasteiger partial charge on any atom is -0.322 e. The lowest BCUT2D eigenvalue weighted by Gasteiger charge is -2.06. The van der Waals surface area contributed by atoms with Crippen LogP contribution in [-0.4, -0.2) is 15.9 Å². The summed E-state index contributed by atoms with van der Waals surface area (Å²) in [5.41, 5.74) is 2.03. The van der Waals surface area contributed by atoms with Gasteiger partial charge in [0.05, 0.1) is 10.6 Å². The lowest BCUT2D eigenvalue weighted by molar-refractivity contribution is 0.102. The summed E-state index contributed by atoms with van der Waals surface area (Å²) in [6.45, 7) is 0. The summed E-state index contributed by atoms with van der Waals surface area (Å²) in [7, 11) is 0. The number of carbonyl (C=O) groups excluding carboxylic acids is 1. The van der Waals surface area contributed by atoms with Gasteiger partial charge in [0.2, 0.25) is 0 Å². The average Bonchev–Trinajstić information content (AvgIpc) is 3.05. The summed E-state index contributed by atoms with van der Waals surface area (Å²) in [5.74, 6) is -0.298. The molecule has 0 saturated heterocycles. The number of hydrogen-bond acceptors (Lipinski definition) is 4. The summed E-state index contributed by atoms with van der Waals surface area (Å²) in [6.07, 6.45) is 3.14. The molecule has 0 aliphatic heterocycles. The van der Waals surface area contributed by atoms with Crippen molar-refractivity contribution in [2.75, 3.05) is 5.32 Å². The van der Waals surface area contributed by atoms with E-state index in [2.05, 4.69) is 15.3 Å². The minimum atomic E-state index is -0.298. The Morgan fingerprint density at radius 2 is 1.91 bits per heavy atom. The van der Waals surface area contributed by atoms with Crippen LogP contribution in [0.5, 0.6) is 0 Å². The molecular formula is C15H9Cl2N3OS. The molecule has 1 N–H and O–H groups in total. The van der Waals surface area contributed by atoms with E-state index in [1.54, 1.807) is 17.5 Å². The number of thiazole rings is 1. The molecule has 7 heteroatoms. The number of anilines is 1. The Morgan fingerprint density at radius 1 is 1.14 bits per heavy atom. The molecular weight excluding hydrogens is 341 g/mol. The maximum atomic E-state index is 12.1. The van der Waals surface area contributed by atoms with E-state index in [1.165, 1.54) is 12.3 Å². The lowest BCUT2D eigenvalue weighted by atomic mass is 10.2. The second-order valence-corrected chi connectivity index (χ2v) is 6.03. The molecule has 110 valence electrons. The quantitative estimate of drug-likeness (QED) is 0.693. The van der Waals surface area contributed by atoms with Crippen LogP contribution in [0.2, 0.25) is 10.2 Å². The Balaban J connectivity index is 1.75. The molecule has 1 amide bonds. The number of amides is 1. The molecule has 2 heterocycles. The molecule has 22 heavy (non-hydrogen) atoms. The third-order valence-corrected chi connectivity index (χ3v) is 4.39. The first-order valence-corrected chi connectivity index (χ1v) is 7.89. The van der Waals surface area contributed by atoms with Crippen molar-refractivity contribution in [2.45, 2.75) is 0 Å². The standard InChI is InChI=1S/C15H9Cl2N3OS/c16-12-7-10(8-19-13(12)17)14(21)20-11-3-1-9(2-4-11)15-18-5-6-22-15/h1-8H,(H,20,21). The second-order valence-electron chi connectivity index (χ2n) is 4.37. The van der Waals surface area contributed by atoms with Crippen LogP contribution < -0.4 is 5.32 Å². The van der Waals surface area contributed by atoms with Crippen LogP contribution in [0.3, 0.4) is 0 Å². The highest BCUT2D eigenvalue weighted by atomic mass is 35.5. The number of pyridine rings is 1. The number of nitrogens with one attached hydrogen (secondary N) is 1. The van der Waals surface area contributed by atoms with E-state index in [0.717, 1.165) is 10.6 Å². The summed E-state index contributed by atoms with van der Waals surface area (Å²) < 4.78 is 0. The molecule has 3 aromatic rings. The molecule has 0 unspecified atom stereocenters. The monoisotopic (exact) mass is 349 g/mol. The van der Waals surface area contributed by atoms with Crippen molar-refractivity contribution in [3.63, 3.8) is 0 Å². The fourth-order valence-corrected chi connectivity index (χ4v) is 2.73. The van der Waals surface area contributed by atoms with Crippen LogP contribution in [0.4, 0.5) is 5.69 Å². The van der Waals surface area contributed by atoms with E-state index in [4.69, 9.17) is 23.2 Å². The first kappa shape index (κ1) is 15.0. The van der Waals surface area contributed by atoms with Gasteiger partial charge in [-0.05, 0) is 30.3 Å². The van der Waals surface area contributed by atoms with Gasteiger partial charge in [-0.3, -0.25) is 4.79 Å². The van der Waals surface area contributed by atoms with Crippen molar-refractivity contribution in [1.82, 2.24) is 9.97 Å². The highest BCUT2D eigenvalue weighted by Gasteiger charge is 2.10. The number of benzene rings is 1. The Morgan fingerprint density at radius 3 is 2.55 bits per heavy atom. The topological polar surface area (TPSA) is 54.9 Å². The zero-order chi connectivity index (χ0) is 15.5. The number of halogens is 2. The van der Waals surface area contributed by atoms with Crippen LogP contribution in [0, 0.1) is 0 Å². The van der Waals surface area contributed by atoms with Crippen molar-refractivity contribution < 1.29 is 4.79 Å². The SMILES string of the molecule is O=C(Nc1ccc(-c2nccs2)cc1)c1cnc(Cl)c(Cl)c1. The predicted molar refractivity (Wildman–Crippen MR) is 89.8 cm³/mol. The van der Waals surface area contributed by atoms with E-state index in [1.807, 2.05) is 29.6 Å². The van der Waals surface area contributed by atoms with Gasteiger partial charge in [-0.1, -0.05) is 23.2 Å². The van der Waals surface area contributed by atoms with Gasteiger partial charge < -0.3 is 5.32 Å². The van der Waals surface area contributed by atoms with E-state index in [-0.39, 0.29) is 16.1 Å². The number of rotatable bonds is 3. The molecule has 0 aliphatic rings. The molecule has 4 nitrogen and oxygen atoms in total. The summed E-state index contributed by atoms with van der Waals surface area (Å²) in [4.78, 5) is 20.2. The molecule has 0 bridgehead atoms. The number of aromatic nitrogens is 2. The Kier molecular flexibility index (Phi) is 4.38. The van der Waals surface area contributed by atoms with Crippen LogP contribution in [-0.2, 0) is 0 Å². The molecule has 0 radical (unpaired) electrons. The molecule has 1 aromatic carbocycles. The Labute approximate surface area is 140 Å². The van der Waals surface area contributed by atoms with Crippen LogP contribution in [0.15, 0.2) is 48.1 Å². The summed E-state index contributed by atoms with van der Waals surface area (Å²) >= 11 is 13.2. The van der Waals surface area contributed by atoms with Crippen molar-refractivity contribution >= 4 is 46.1 Å². The minimum absolute atomic E-state index is 0.172. The summed E-state index contributed by atoms with van der Waals surface area (Å²) in [5, 5.41) is 6.05. The van der Waals surface area contributed by atoms with Gasteiger partial charge in [0.25, 0.3) is 5.91 Å². The van der Waals surface area contributed by atoms with Gasteiger partial charge in [0, 0.05) is 29.0 Å². The van der Waals surface area contributed by atoms with Crippen LogP contribution in [0.25, 0.3) is 10.6 Å². The maximum Gasteiger partial charge on any atom is 0.257 e. The summed E-state index contributed by atoms with van der Waals surface area (Å²) in [6, 6.07) is 8.93. The highest BCUT2D eigenvalue weighted by Crippen LogP contribution is 2.24. The average molecular weight is 350 g/mol. The first-order chi connectivity index (χ1) is 10.6. The maximum absolute atomic E-state index is 12.1. The fraction of sp³-hybridized carbons (Fsp3) is 0. The van der Waals surface area contributed by atoms with E-state index < -0.39 is 0 Å². The number of nitrogens with zero attached hydrogens (tertiary/aromatic N) is 2.